The summed E-state index contributed by atoms with van der Waals surface area (Å²) in [5.74, 6) is -0.205. The van der Waals surface area contributed by atoms with Crippen LogP contribution in [0, 0.1) is 24.0 Å². The number of aryl methyl sites for hydroxylation is 3. The van der Waals surface area contributed by atoms with E-state index in [0.29, 0.717) is 34.1 Å². The lowest BCUT2D eigenvalue weighted by Gasteiger charge is -2.36. The van der Waals surface area contributed by atoms with Crippen LogP contribution in [-0.2, 0) is 13.2 Å². The summed E-state index contributed by atoms with van der Waals surface area (Å²) < 4.78 is 40.6. The summed E-state index contributed by atoms with van der Waals surface area (Å²) in [6.45, 7) is 4.62. The summed E-state index contributed by atoms with van der Waals surface area (Å²) in [6, 6.07) is 4.22. The zero-order valence-corrected chi connectivity index (χ0v) is 18.2. The number of hydrogen-bond acceptors (Lipinski definition) is 6. The van der Waals surface area contributed by atoms with Crippen molar-refractivity contribution >= 4 is 28.3 Å². The number of aromatic nitrogens is 3. The molecule has 1 aliphatic rings. The summed E-state index contributed by atoms with van der Waals surface area (Å²) in [7, 11) is 1.76. The van der Waals surface area contributed by atoms with Gasteiger partial charge in [-0.05, 0) is 32.0 Å². The minimum atomic E-state index is -4.67. The highest BCUT2D eigenvalue weighted by atomic mass is 19.4. The summed E-state index contributed by atoms with van der Waals surface area (Å²) in [4.78, 5) is 31.6. The molecule has 0 aliphatic carbocycles. The molecule has 0 radical (unpaired) electrons. The molecular weight excluding hydrogens is 441 g/mol. The Labute approximate surface area is 186 Å². The Hall–Kier alpha value is -3.70. The van der Waals surface area contributed by atoms with Gasteiger partial charge in [-0.25, -0.2) is 4.98 Å². The minimum absolute atomic E-state index is 0.102. The Kier molecular flexibility index (Phi) is 5.46. The second-order valence-corrected chi connectivity index (χ2v) is 7.96. The van der Waals surface area contributed by atoms with E-state index in [4.69, 9.17) is 0 Å². The lowest BCUT2D eigenvalue weighted by molar-refractivity contribution is -0.384. The normalized spacial score (nSPS) is 14.7. The molecule has 0 N–H and O–H groups in total. The van der Waals surface area contributed by atoms with Crippen LogP contribution < -0.4 is 4.90 Å². The fourth-order valence-corrected chi connectivity index (χ4v) is 4.17. The summed E-state index contributed by atoms with van der Waals surface area (Å²) >= 11 is 0. The van der Waals surface area contributed by atoms with Crippen LogP contribution in [-0.4, -0.2) is 56.7 Å². The molecule has 1 saturated heterocycles. The molecule has 4 rings (SSSR count). The van der Waals surface area contributed by atoms with Gasteiger partial charge < -0.3 is 9.80 Å². The number of nitro benzene ring substituents is 1. The number of rotatable bonds is 3. The van der Waals surface area contributed by atoms with Crippen molar-refractivity contribution in [3.63, 3.8) is 0 Å². The molecule has 3 aromatic rings. The fourth-order valence-electron chi connectivity index (χ4n) is 4.17. The third kappa shape index (κ3) is 4.08. The molecule has 174 valence electrons. The molecule has 1 amide bonds. The molecule has 0 bridgehead atoms. The van der Waals surface area contributed by atoms with E-state index in [9.17, 15) is 28.1 Å². The van der Waals surface area contributed by atoms with Gasteiger partial charge in [0.2, 0.25) is 0 Å². The molecule has 0 saturated carbocycles. The molecule has 1 aromatic carbocycles. The van der Waals surface area contributed by atoms with Gasteiger partial charge in [-0.15, -0.1) is 0 Å². The smallest absolute Gasteiger partial charge is 0.362 e. The van der Waals surface area contributed by atoms with Gasteiger partial charge in [0.15, 0.2) is 5.65 Å². The molecule has 33 heavy (non-hydrogen) atoms. The van der Waals surface area contributed by atoms with Gasteiger partial charge in [-0.1, -0.05) is 0 Å². The van der Waals surface area contributed by atoms with Crippen molar-refractivity contribution in [2.24, 2.45) is 7.05 Å². The summed E-state index contributed by atoms with van der Waals surface area (Å²) in [5, 5.41) is 16.5. The Morgan fingerprint density at radius 3 is 2.39 bits per heavy atom. The molecule has 12 heteroatoms. The highest BCUT2D eigenvalue weighted by molar-refractivity contribution is 6.06. The quantitative estimate of drug-likeness (QED) is 0.437. The van der Waals surface area contributed by atoms with E-state index in [1.807, 2.05) is 0 Å². The fraction of sp³-hybridized carbons (Fsp3) is 0.381. The SMILES string of the molecule is Cc1cc(C(=O)N2CCN(c3ccc(C(F)(F)F)cc3[N+](=O)[O-])CC2)c2c(C)nn(C)c2n1. The maximum Gasteiger partial charge on any atom is 0.416 e. The first-order valence-corrected chi connectivity index (χ1v) is 10.2. The third-order valence-electron chi connectivity index (χ3n) is 5.73. The standard InChI is InChI=1S/C21H21F3N6O3/c1-12-10-15(18-13(2)26-27(3)19(18)25-12)20(31)29-8-6-28(7-9-29)16-5-4-14(21(22,23)24)11-17(16)30(32)33/h4-5,10-11H,6-9H2,1-3H3. The van der Waals surface area contributed by atoms with E-state index >= 15 is 0 Å². The van der Waals surface area contributed by atoms with Crippen LogP contribution in [0.25, 0.3) is 11.0 Å². The van der Waals surface area contributed by atoms with Crippen LogP contribution in [0.1, 0.15) is 27.3 Å². The van der Waals surface area contributed by atoms with Crippen LogP contribution in [0.3, 0.4) is 0 Å². The highest BCUT2D eigenvalue weighted by Gasteiger charge is 2.34. The largest absolute Gasteiger partial charge is 0.416 e. The zero-order chi connectivity index (χ0) is 24.1. The molecule has 9 nitrogen and oxygen atoms in total. The molecular formula is C21H21F3N6O3. The van der Waals surface area contributed by atoms with Crippen molar-refractivity contribution in [1.29, 1.82) is 0 Å². The van der Waals surface area contributed by atoms with Gasteiger partial charge >= 0.3 is 6.18 Å². The van der Waals surface area contributed by atoms with Crippen molar-refractivity contribution in [2.75, 3.05) is 31.1 Å². The molecule has 0 unspecified atom stereocenters. The second kappa shape index (κ2) is 8.01. The van der Waals surface area contributed by atoms with Crippen molar-refractivity contribution in [2.45, 2.75) is 20.0 Å². The number of hydrogen-bond donors (Lipinski definition) is 0. The maximum atomic E-state index is 13.3. The number of alkyl halides is 3. The number of nitrogens with zero attached hydrogens (tertiary/aromatic N) is 6. The highest BCUT2D eigenvalue weighted by Crippen LogP contribution is 2.37. The summed E-state index contributed by atoms with van der Waals surface area (Å²) in [6.07, 6.45) is -4.67. The second-order valence-electron chi connectivity index (χ2n) is 7.96. The summed E-state index contributed by atoms with van der Waals surface area (Å²) in [5.41, 5.74) is 0.866. The van der Waals surface area contributed by atoms with Crippen LogP contribution in [0.4, 0.5) is 24.5 Å². The number of nitro groups is 1. The molecule has 1 fully saturated rings. The Morgan fingerprint density at radius 2 is 1.79 bits per heavy atom. The van der Waals surface area contributed by atoms with Gasteiger partial charge in [0.05, 0.1) is 27.1 Å². The lowest BCUT2D eigenvalue weighted by Crippen LogP contribution is -2.49. The Morgan fingerprint density at radius 1 is 1.12 bits per heavy atom. The number of benzene rings is 1. The van der Waals surface area contributed by atoms with E-state index < -0.39 is 22.4 Å². The number of carbonyl (C=O) groups excluding carboxylic acids is 1. The van der Waals surface area contributed by atoms with Gasteiger partial charge in [-0.3, -0.25) is 19.6 Å². The number of anilines is 1. The number of carbonyl (C=O) groups is 1. The number of piperazine rings is 1. The van der Waals surface area contributed by atoms with E-state index in [1.54, 1.807) is 41.4 Å². The van der Waals surface area contributed by atoms with E-state index in [1.165, 1.54) is 0 Å². The lowest BCUT2D eigenvalue weighted by atomic mass is 10.1. The van der Waals surface area contributed by atoms with Crippen molar-refractivity contribution in [3.8, 4) is 0 Å². The monoisotopic (exact) mass is 462 g/mol. The van der Waals surface area contributed by atoms with E-state index in [0.717, 1.165) is 12.1 Å². The third-order valence-corrected chi connectivity index (χ3v) is 5.73. The zero-order valence-electron chi connectivity index (χ0n) is 18.2. The van der Waals surface area contributed by atoms with Crippen LogP contribution >= 0.6 is 0 Å². The van der Waals surface area contributed by atoms with Crippen molar-refractivity contribution < 1.29 is 22.9 Å². The molecule has 0 atom stereocenters. The number of pyridine rings is 1. The van der Waals surface area contributed by atoms with Gasteiger partial charge in [0, 0.05) is 45.0 Å². The average Bonchev–Trinajstić information content (AvgIpc) is 3.05. The molecule has 1 aliphatic heterocycles. The van der Waals surface area contributed by atoms with Crippen molar-refractivity contribution in [3.05, 3.63) is 56.9 Å². The molecule has 2 aromatic heterocycles. The number of fused-ring (bicyclic) bond motifs is 1. The number of halogens is 3. The predicted molar refractivity (Wildman–Crippen MR) is 114 cm³/mol. The average molecular weight is 462 g/mol. The first-order valence-electron chi connectivity index (χ1n) is 10.2. The molecule has 0 spiro atoms. The topological polar surface area (TPSA) is 97.4 Å². The van der Waals surface area contributed by atoms with Gasteiger partial charge in [0.1, 0.15) is 5.69 Å². The van der Waals surface area contributed by atoms with E-state index in [-0.39, 0.29) is 37.8 Å². The maximum absolute atomic E-state index is 13.3. The predicted octanol–water partition coefficient (Wildman–Crippen LogP) is 3.47. The van der Waals surface area contributed by atoms with Crippen LogP contribution in [0.2, 0.25) is 0 Å². The first-order chi connectivity index (χ1) is 15.5. The molecule has 3 heterocycles. The van der Waals surface area contributed by atoms with Crippen LogP contribution in [0.15, 0.2) is 24.3 Å². The Bertz CT molecular complexity index is 1260. The first kappa shape index (κ1) is 22.5. The number of amides is 1. The van der Waals surface area contributed by atoms with Crippen LogP contribution in [0.5, 0.6) is 0 Å². The minimum Gasteiger partial charge on any atom is -0.362 e. The Balaban J connectivity index is 1.58. The van der Waals surface area contributed by atoms with Gasteiger partial charge in [-0.2, -0.15) is 18.3 Å². The van der Waals surface area contributed by atoms with E-state index in [2.05, 4.69) is 10.1 Å². The van der Waals surface area contributed by atoms with Gasteiger partial charge in [0.25, 0.3) is 11.6 Å². The van der Waals surface area contributed by atoms with Crippen molar-refractivity contribution in [1.82, 2.24) is 19.7 Å².